The molecule has 2 aromatic carbocycles. The van der Waals surface area contributed by atoms with E-state index in [4.69, 9.17) is 4.42 Å². The zero-order valence-corrected chi connectivity index (χ0v) is 26.3. The van der Waals surface area contributed by atoms with Gasteiger partial charge < -0.3 is 14.6 Å². The first kappa shape index (κ1) is 31.8. The highest BCUT2D eigenvalue weighted by Gasteiger charge is 2.22. The molecule has 0 unspecified atom stereocenters. The van der Waals surface area contributed by atoms with Gasteiger partial charge in [0.25, 0.3) is 11.8 Å². The second kappa shape index (κ2) is 14.0. The summed E-state index contributed by atoms with van der Waals surface area (Å²) in [6, 6.07) is 19.0. The van der Waals surface area contributed by atoms with E-state index in [0.29, 0.717) is 47.8 Å². The Labute approximate surface area is 263 Å². The molecule has 1 fully saturated rings. The highest BCUT2D eigenvalue weighted by molar-refractivity contribution is 7.94. The number of anilines is 1. The van der Waals surface area contributed by atoms with E-state index in [1.807, 2.05) is 4.90 Å². The first-order valence-electron chi connectivity index (χ1n) is 14.3. The first-order valence-corrected chi connectivity index (χ1v) is 17.8. The van der Waals surface area contributed by atoms with Crippen LogP contribution in [0.1, 0.15) is 44.0 Å². The van der Waals surface area contributed by atoms with Crippen molar-refractivity contribution in [2.75, 3.05) is 42.2 Å². The van der Waals surface area contributed by atoms with E-state index in [2.05, 4.69) is 26.5 Å². The van der Waals surface area contributed by atoms with Gasteiger partial charge in [0.05, 0.1) is 33.1 Å². The van der Waals surface area contributed by atoms with Crippen molar-refractivity contribution in [3.63, 3.8) is 0 Å². The van der Waals surface area contributed by atoms with E-state index < -0.39 is 25.5 Å². The number of nitrogens with zero attached hydrogens (tertiary/aromatic N) is 3. The zero-order chi connectivity index (χ0) is 31.9. The number of hydrogen-bond acceptors (Lipinski definition) is 8. The minimum Gasteiger partial charge on any atom is -0.459 e. The number of furan rings is 1. The van der Waals surface area contributed by atoms with E-state index in [1.165, 1.54) is 18.7 Å². The monoisotopic (exact) mass is 644 g/mol. The van der Waals surface area contributed by atoms with Gasteiger partial charge in [0.1, 0.15) is 0 Å². The average molecular weight is 645 g/mol. The number of amides is 2. The molecular formula is C33H32N4O6S2. The maximum Gasteiger partial charge on any atom is 0.291 e. The third kappa shape index (κ3) is 8.54. The maximum absolute atomic E-state index is 14.1. The van der Waals surface area contributed by atoms with Crippen LogP contribution in [-0.4, -0.2) is 71.2 Å². The van der Waals surface area contributed by atoms with Crippen LogP contribution in [0.2, 0.25) is 0 Å². The van der Waals surface area contributed by atoms with Gasteiger partial charge in [-0.15, -0.1) is 0 Å². The van der Waals surface area contributed by atoms with Gasteiger partial charge in [0.15, 0.2) is 15.6 Å². The van der Waals surface area contributed by atoms with Crippen molar-refractivity contribution < 1.29 is 26.6 Å². The second-order valence-electron chi connectivity index (χ2n) is 10.6. The predicted molar refractivity (Wildman–Crippen MR) is 172 cm³/mol. The van der Waals surface area contributed by atoms with Gasteiger partial charge in [0.2, 0.25) is 0 Å². The molecule has 0 bridgehead atoms. The van der Waals surface area contributed by atoms with E-state index >= 15 is 0 Å². The molecule has 5 rings (SSSR count). The molecule has 2 amide bonds. The van der Waals surface area contributed by atoms with Gasteiger partial charge >= 0.3 is 0 Å². The molecule has 0 saturated carbocycles. The van der Waals surface area contributed by atoms with Crippen LogP contribution in [0.5, 0.6) is 0 Å². The van der Waals surface area contributed by atoms with E-state index in [0.717, 1.165) is 5.56 Å². The Morgan fingerprint density at radius 2 is 1.76 bits per heavy atom. The fourth-order valence-corrected chi connectivity index (χ4v) is 7.92. The number of pyridine rings is 1. The lowest BCUT2D eigenvalue weighted by atomic mass is 10.1. The summed E-state index contributed by atoms with van der Waals surface area (Å²) in [5.74, 6) is 5.59. The van der Waals surface area contributed by atoms with Gasteiger partial charge in [-0.25, -0.2) is 12.6 Å². The number of nitrogens with one attached hydrogen (secondary N) is 1. The highest BCUT2D eigenvalue weighted by atomic mass is 32.2. The standard InChI is InChI=1S/C33H32N4O6S2/c1-25-13-17-43-31(25)33(39)35-29-8-5-7-26(22-29)11-12-27-21-28(24-34-23-27)32(38)36-45(42,30-9-3-2-4-10-30)18-6-14-37-15-19-44(40,41)20-16-37/h2-5,7-10,13,17,21-24H,6,14-16,18-20H2,1H3,(H,35,39)/t45-/m0/s1. The fourth-order valence-electron chi connectivity index (χ4n) is 4.73. The van der Waals surface area contributed by atoms with E-state index in [9.17, 15) is 22.2 Å². The quantitative estimate of drug-likeness (QED) is 0.278. The number of rotatable bonds is 8. The molecule has 2 aromatic heterocycles. The number of carbonyl (C=O) groups excluding carboxylic acids is 2. The topological polar surface area (TPSA) is 139 Å². The highest BCUT2D eigenvalue weighted by Crippen LogP contribution is 2.18. The van der Waals surface area contributed by atoms with Gasteiger partial charge in [-0.1, -0.05) is 36.1 Å². The summed E-state index contributed by atoms with van der Waals surface area (Å²) in [5.41, 5.74) is 2.52. The van der Waals surface area contributed by atoms with Crippen LogP contribution in [0, 0.1) is 18.8 Å². The Morgan fingerprint density at radius 1 is 1.00 bits per heavy atom. The van der Waals surface area contributed by atoms with Crippen molar-refractivity contribution >= 4 is 37.1 Å². The first-order chi connectivity index (χ1) is 21.6. The van der Waals surface area contributed by atoms with Crippen molar-refractivity contribution in [1.82, 2.24) is 9.88 Å². The largest absolute Gasteiger partial charge is 0.459 e. The Hall–Kier alpha value is -4.57. The molecule has 1 atom stereocenters. The van der Waals surface area contributed by atoms with E-state index in [1.54, 1.807) is 73.7 Å². The van der Waals surface area contributed by atoms with Crippen LogP contribution in [0.3, 0.4) is 0 Å². The number of sulfone groups is 1. The summed E-state index contributed by atoms with van der Waals surface area (Å²) in [4.78, 5) is 32.4. The predicted octanol–water partition coefficient (Wildman–Crippen LogP) is 4.42. The molecule has 10 nitrogen and oxygen atoms in total. The summed E-state index contributed by atoms with van der Waals surface area (Å²) in [6.45, 7) is 3.22. The molecule has 0 aliphatic carbocycles. The average Bonchev–Trinajstić information content (AvgIpc) is 3.47. The van der Waals surface area contributed by atoms with Gasteiger partial charge in [0, 0.05) is 58.5 Å². The smallest absolute Gasteiger partial charge is 0.291 e. The summed E-state index contributed by atoms with van der Waals surface area (Å²) in [6.07, 6.45) is 4.82. The molecular weight excluding hydrogens is 613 g/mol. The number of carbonyl (C=O) groups is 2. The molecule has 1 saturated heterocycles. The molecule has 4 aromatic rings. The Bertz CT molecular complexity index is 1990. The van der Waals surface area contributed by atoms with Gasteiger partial charge in [-0.3, -0.25) is 14.6 Å². The van der Waals surface area contributed by atoms with Crippen LogP contribution in [-0.2, 0) is 19.6 Å². The number of benzene rings is 2. The molecule has 1 aliphatic heterocycles. The minimum absolute atomic E-state index is 0.115. The van der Waals surface area contributed by atoms with Gasteiger partial charge in [-0.05, 0) is 62.4 Å². The molecule has 1 aliphatic rings. The molecule has 3 heterocycles. The normalized spacial score (nSPS) is 15.7. The van der Waals surface area contributed by atoms with Crippen LogP contribution < -0.4 is 5.32 Å². The molecule has 45 heavy (non-hydrogen) atoms. The van der Waals surface area contributed by atoms with E-state index in [-0.39, 0.29) is 34.5 Å². The van der Waals surface area contributed by atoms with Crippen molar-refractivity contribution in [3.05, 3.63) is 113 Å². The Morgan fingerprint density at radius 3 is 2.49 bits per heavy atom. The van der Waals surface area contributed by atoms with Crippen LogP contribution in [0.4, 0.5) is 5.69 Å². The number of aromatic nitrogens is 1. The lowest BCUT2D eigenvalue weighted by molar-refractivity contribution is 0.0991. The van der Waals surface area contributed by atoms with Crippen molar-refractivity contribution in [2.24, 2.45) is 4.36 Å². The molecule has 0 spiro atoms. The minimum atomic E-state index is -3.12. The lowest BCUT2D eigenvalue weighted by Crippen LogP contribution is -2.41. The maximum atomic E-state index is 14.1. The van der Waals surface area contributed by atoms with Crippen LogP contribution in [0.25, 0.3) is 0 Å². The summed E-state index contributed by atoms with van der Waals surface area (Å²) in [5, 5.41) is 2.80. The summed E-state index contributed by atoms with van der Waals surface area (Å²) >= 11 is 0. The fraction of sp³-hybridized carbons (Fsp3) is 0.242. The molecule has 0 radical (unpaired) electrons. The van der Waals surface area contributed by atoms with Crippen molar-refractivity contribution in [3.8, 4) is 11.8 Å². The van der Waals surface area contributed by atoms with Crippen LogP contribution >= 0.6 is 0 Å². The Kier molecular flexibility index (Phi) is 9.93. The zero-order valence-electron chi connectivity index (χ0n) is 24.6. The number of hydrogen-bond donors (Lipinski definition) is 1. The SMILES string of the molecule is Cc1ccoc1C(=O)Nc1cccc(C#Cc2cncc(C(=O)N=[S@](=O)(CCCN3CCS(=O)(=O)CC3)c3ccccc3)c2)c1. The Balaban J connectivity index is 1.31. The van der Waals surface area contributed by atoms with Gasteiger partial charge in [-0.2, -0.15) is 4.36 Å². The third-order valence-corrected chi connectivity index (χ3v) is 11.1. The molecule has 1 N–H and O–H groups in total. The van der Waals surface area contributed by atoms with Crippen molar-refractivity contribution in [1.29, 1.82) is 0 Å². The number of aryl methyl sites for hydroxylation is 1. The third-order valence-electron chi connectivity index (χ3n) is 7.20. The summed E-state index contributed by atoms with van der Waals surface area (Å²) < 4.78 is 47.1. The molecule has 232 valence electrons. The molecule has 12 heteroatoms. The second-order valence-corrected chi connectivity index (χ2v) is 15.2. The van der Waals surface area contributed by atoms with Crippen LogP contribution in [0.15, 0.2) is 99.1 Å². The lowest BCUT2D eigenvalue weighted by Gasteiger charge is -2.26. The van der Waals surface area contributed by atoms with Crippen molar-refractivity contribution in [2.45, 2.75) is 18.2 Å². The summed E-state index contributed by atoms with van der Waals surface area (Å²) in [7, 11) is -6.11.